The summed E-state index contributed by atoms with van der Waals surface area (Å²) in [5.41, 5.74) is 6.93. The second-order valence-electron chi connectivity index (χ2n) is 3.20. The number of hydrogen-bond donors (Lipinski definition) is 1. The molecule has 1 unspecified atom stereocenters. The lowest BCUT2D eigenvalue weighted by Gasteiger charge is -2.12. The minimum absolute atomic E-state index is 0.163. The lowest BCUT2D eigenvalue weighted by Crippen LogP contribution is -2.09. The summed E-state index contributed by atoms with van der Waals surface area (Å²) in [6.07, 6.45) is 3.20. The zero-order valence-electron chi connectivity index (χ0n) is 8.47. The van der Waals surface area contributed by atoms with Gasteiger partial charge < -0.3 is 10.2 Å². The molecular formula is C11H11BrN2OS. The van der Waals surface area contributed by atoms with Gasteiger partial charge in [0, 0.05) is 11.0 Å². The van der Waals surface area contributed by atoms with E-state index in [9.17, 15) is 0 Å². The second-order valence-corrected chi connectivity index (χ2v) is 5.26. The maximum absolute atomic E-state index is 5.77. The molecule has 2 aromatic rings. The summed E-state index contributed by atoms with van der Waals surface area (Å²) in [7, 11) is 0. The molecule has 0 aliphatic carbocycles. The standard InChI is InChI=1S/C11H11BrN2OS/c12-9-3-1-2-8(6-9)10(7-13)16-11-14-4-5-15-11/h1-6,10H,7,13H2. The van der Waals surface area contributed by atoms with Gasteiger partial charge in [0.05, 0.1) is 11.4 Å². The third-order valence-electron chi connectivity index (χ3n) is 2.09. The van der Waals surface area contributed by atoms with Crippen molar-refractivity contribution in [2.45, 2.75) is 10.5 Å². The molecular weight excluding hydrogens is 288 g/mol. The van der Waals surface area contributed by atoms with E-state index in [4.69, 9.17) is 10.2 Å². The van der Waals surface area contributed by atoms with Crippen LogP contribution in [0.25, 0.3) is 0 Å². The summed E-state index contributed by atoms with van der Waals surface area (Å²) in [4.78, 5) is 4.08. The molecule has 0 spiro atoms. The monoisotopic (exact) mass is 298 g/mol. The topological polar surface area (TPSA) is 52.0 Å². The van der Waals surface area contributed by atoms with Crippen LogP contribution in [0.1, 0.15) is 10.8 Å². The lowest BCUT2D eigenvalue weighted by molar-refractivity contribution is 0.453. The molecule has 1 atom stereocenters. The number of thioether (sulfide) groups is 1. The maximum Gasteiger partial charge on any atom is 0.256 e. The van der Waals surface area contributed by atoms with Crippen LogP contribution in [0.15, 0.2) is 50.8 Å². The van der Waals surface area contributed by atoms with Crippen molar-refractivity contribution in [2.75, 3.05) is 6.54 Å². The normalized spacial score (nSPS) is 12.6. The molecule has 2 rings (SSSR count). The van der Waals surface area contributed by atoms with Gasteiger partial charge in [-0.1, -0.05) is 39.8 Å². The Morgan fingerprint density at radius 2 is 2.38 bits per heavy atom. The van der Waals surface area contributed by atoms with Crippen molar-refractivity contribution in [1.82, 2.24) is 4.98 Å². The molecule has 1 aromatic heterocycles. The van der Waals surface area contributed by atoms with Crippen molar-refractivity contribution in [3.63, 3.8) is 0 Å². The first-order valence-electron chi connectivity index (χ1n) is 4.81. The number of aromatic nitrogens is 1. The third-order valence-corrected chi connectivity index (χ3v) is 3.73. The summed E-state index contributed by atoms with van der Waals surface area (Å²) in [6.45, 7) is 0.545. The Labute approximate surface area is 107 Å². The van der Waals surface area contributed by atoms with Gasteiger partial charge in [-0.2, -0.15) is 0 Å². The molecule has 0 radical (unpaired) electrons. The zero-order chi connectivity index (χ0) is 11.4. The summed E-state index contributed by atoms with van der Waals surface area (Å²) in [5.74, 6) is 0. The fourth-order valence-electron chi connectivity index (χ4n) is 1.35. The number of hydrogen-bond acceptors (Lipinski definition) is 4. The predicted octanol–water partition coefficient (Wildman–Crippen LogP) is 3.23. The van der Waals surface area contributed by atoms with Crippen LogP contribution in [-0.4, -0.2) is 11.5 Å². The van der Waals surface area contributed by atoms with Gasteiger partial charge in [0.25, 0.3) is 5.22 Å². The Morgan fingerprint density at radius 3 is 3.00 bits per heavy atom. The van der Waals surface area contributed by atoms with Crippen molar-refractivity contribution in [3.05, 3.63) is 46.8 Å². The van der Waals surface area contributed by atoms with Gasteiger partial charge in [0.15, 0.2) is 0 Å². The van der Waals surface area contributed by atoms with Crippen molar-refractivity contribution < 1.29 is 4.42 Å². The van der Waals surface area contributed by atoms with Crippen LogP contribution in [0.2, 0.25) is 0 Å². The number of nitrogens with two attached hydrogens (primary N) is 1. The smallest absolute Gasteiger partial charge is 0.256 e. The first-order valence-corrected chi connectivity index (χ1v) is 6.48. The molecule has 84 valence electrons. The quantitative estimate of drug-likeness (QED) is 0.881. The molecule has 1 aromatic carbocycles. The molecule has 0 bridgehead atoms. The Morgan fingerprint density at radius 1 is 1.50 bits per heavy atom. The molecule has 2 N–H and O–H groups in total. The Hall–Kier alpha value is -0.780. The highest BCUT2D eigenvalue weighted by atomic mass is 79.9. The summed E-state index contributed by atoms with van der Waals surface area (Å²) in [5, 5.41) is 0.812. The Kier molecular flexibility index (Phi) is 4.04. The molecule has 0 amide bonds. The average molecular weight is 299 g/mol. The summed E-state index contributed by atoms with van der Waals surface area (Å²) in [6, 6.07) is 8.11. The van der Waals surface area contributed by atoms with Gasteiger partial charge in [0.2, 0.25) is 0 Å². The molecule has 0 aliphatic heterocycles. The first kappa shape index (κ1) is 11.7. The SMILES string of the molecule is NCC(Sc1ncco1)c1cccc(Br)c1. The number of nitrogens with zero attached hydrogens (tertiary/aromatic N) is 1. The molecule has 0 saturated carbocycles. The second kappa shape index (κ2) is 5.52. The van der Waals surface area contributed by atoms with Crippen LogP contribution < -0.4 is 5.73 Å². The number of rotatable bonds is 4. The molecule has 0 saturated heterocycles. The molecule has 3 nitrogen and oxygen atoms in total. The fraction of sp³-hybridized carbons (Fsp3) is 0.182. The predicted molar refractivity (Wildman–Crippen MR) is 68.3 cm³/mol. The number of halogens is 1. The molecule has 16 heavy (non-hydrogen) atoms. The Balaban J connectivity index is 2.16. The van der Waals surface area contributed by atoms with Gasteiger partial charge in [-0.3, -0.25) is 0 Å². The highest BCUT2D eigenvalue weighted by molar-refractivity contribution is 9.10. The van der Waals surface area contributed by atoms with E-state index in [0.717, 1.165) is 4.47 Å². The van der Waals surface area contributed by atoms with Gasteiger partial charge >= 0.3 is 0 Å². The van der Waals surface area contributed by atoms with Crippen molar-refractivity contribution in [1.29, 1.82) is 0 Å². The van der Waals surface area contributed by atoms with Crippen LogP contribution in [0.4, 0.5) is 0 Å². The van der Waals surface area contributed by atoms with E-state index in [0.29, 0.717) is 11.8 Å². The van der Waals surface area contributed by atoms with Gasteiger partial charge in [-0.05, 0) is 17.7 Å². The van der Waals surface area contributed by atoms with E-state index in [-0.39, 0.29) is 5.25 Å². The van der Waals surface area contributed by atoms with E-state index in [2.05, 4.69) is 33.0 Å². The van der Waals surface area contributed by atoms with Crippen molar-refractivity contribution in [2.24, 2.45) is 5.73 Å². The number of oxazole rings is 1. The van der Waals surface area contributed by atoms with Gasteiger partial charge in [-0.25, -0.2) is 4.98 Å². The summed E-state index contributed by atoms with van der Waals surface area (Å²) >= 11 is 4.98. The fourth-order valence-corrected chi connectivity index (χ4v) is 2.62. The van der Waals surface area contributed by atoms with E-state index in [1.165, 1.54) is 17.3 Å². The van der Waals surface area contributed by atoms with E-state index in [1.807, 2.05) is 12.1 Å². The highest BCUT2D eigenvalue weighted by Gasteiger charge is 2.14. The summed E-state index contributed by atoms with van der Waals surface area (Å²) < 4.78 is 6.25. The van der Waals surface area contributed by atoms with Gasteiger partial charge in [-0.15, -0.1) is 0 Å². The van der Waals surface area contributed by atoms with Crippen molar-refractivity contribution >= 4 is 27.7 Å². The van der Waals surface area contributed by atoms with E-state index < -0.39 is 0 Å². The average Bonchev–Trinajstić information content (AvgIpc) is 2.78. The van der Waals surface area contributed by atoms with Crippen LogP contribution in [0.5, 0.6) is 0 Å². The maximum atomic E-state index is 5.77. The first-order chi connectivity index (χ1) is 7.79. The molecule has 1 heterocycles. The Bertz CT molecular complexity index is 447. The van der Waals surface area contributed by atoms with Crippen LogP contribution in [-0.2, 0) is 0 Å². The largest absolute Gasteiger partial charge is 0.440 e. The molecule has 5 heteroatoms. The van der Waals surface area contributed by atoms with Crippen LogP contribution in [0, 0.1) is 0 Å². The number of benzene rings is 1. The molecule has 0 fully saturated rings. The molecule has 0 aliphatic rings. The van der Waals surface area contributed by atoms with Crippen molar-refractivity contribution in [3.8, 4) is 0 Å². The minimum Gasteiger partial charge on any atom is -0.440 e. The van der Waals surface area contributed by atoms with Crippen LogP contribution >= 0.6 is 27.7 Å². The van der Waals surface area contributed by atoms with Gasteiger partial charge in [0.1, 0.15) is 6.26 Å². The zero-order valence-corrected chi connectivity index (χ0v) is 10.9. The van der Waals surface area contributed by atoms with Crippen LogP contribution in [0.3, 0.4) is 0 Å². The highest BCUT2D eigenvalue weighted by Crippen LogP contribution is 2.34. The van der Waals surface area contributed by atoms with E-state index >= 15 is 0 Å². The van der Waals surface area contributed by atoms with E-state index in [1.54, 1.807) is 12.5 Å². The minimum atomic E-state index is 0.163. The lowest BCUT2D eigenvalue weighted by atomic mass is 10.1. The third kappa shape index (κ3) is 2.87.